The van der Waals surface area contributed by atoms with Crippen LogP contribution in [0.4, 0.5) is 0 Å². The molecular weight excluding hydrogens is 227 g/mol. The van der Waals surface area contributed by atoms with Gasteiger partial charge in [-0.3, -0.25) is 0 Å². The first-order chi connectivity index (χ1) is 4.91. The van der Waals surface area contributed by atoms with Gasteiger partial charge >= 0.3 is 0 Å². The molecule has 0 heterocycles. The monoisotopic (exact) mass is 247 g/mol. The molecule has 0 aromatic heterocycles. The van der Waals surface area contributed by atoms with Crippen molar-refractivity contribution in [1.82, 2.24) is 0 Å². The Morgan fingerprint density at radius 3 is 1.73 bits per heavy atom. The first-order valence-corrected chi connectivity index (χ1v) is 4.52. The largest absolute Gasteiger partial charge is 0.396 e. The van der Waals surface area contributed by atoms with E-state index in [4.69, 9.17) is 5.11 Å². The third-order valence-corrected chi connectivity index (χ3v) is 1.76. The van der Waals surface area contributed by atoms with Crippen LogP contribution in [0.15, 0.2) is 0 Å². The summed E-state index contributed by atoms with van der Waals surface area (Å²) in [5.74, 6) is 0. The molecule has 71 valence electrons. The second-order valence-electron chi connectivity index (χ2n) is 2.84. The molecule has 0 aliphatic rings. The molecule has 0 unspecified atom stereocenters. The molecule has 0 rings (SSSR count). The number of rotatable bonds is 7. The predicted octanol–water partition coefficient (Wildman–Crippen LogP) is 2.73. The van der Waals surface area contributed by atoms with Crippen LogP contribution in [0.5, 0.6) is 0 Å². The summed E-state index contributed by atoms with van der Waals surface area (Å²) in [6.45, 7) is 2.60. The van der Waals surface area contributed by atoms with Crippen LogP contribution >= 0.6 is 0 Å². The van der Waals surface area contributed by atoms with Gasteiger partial charge < -0.3 is 5.11 Å². The van der Waals surface area contributed by atoms with E-state index in [1.807, 2.05) is 0 Å². The van der Waals surface area contributed by atoms with E-state index in [0.717, 1.165) is 6.42 Å². The number of hydrogen-bond acceptors (Lipinski definition) is 1. The molecule has 0 spiro atoms. The molecule has 0 aliphatic heterocycles. The number of aliphatic hydroxyl groups excluding tert-OH is 1. The van der Waals surface area contributed by atoms with Crippen molar-refractivity contribution in [3.8, 4) is 0 Å². The number of aliphatic hydroxyl groups is 1. The van der Waals surface area contributed by atoms with Crippen molar-refractivity contribution in [2.24, 2.45) is 0 Å². The summed E-state index contributed by atoms with van der Waals surface area (Å²) in [6.07, 6.45) is 8.93. The summed E-state index contributed by atoms with van der Waals surface area (Å²) in [7, 11) is 0. The first-order valence-electron chi connectivity index (χ1n) is 4.52. The van der Waals surface area contributed by atoms with Gasteiger partial charge in [0.05, 0.1) is 0 Å². The standard InChI is InChI=1S/C9H20O.Rh/c1-2-3-4-5-6-7-8-9-10;/h10H,2-9H2,1H3;. The van der Waals surface area contributed by atoms with Crippen LogP contribution < -0.4 is 0 Å². The summed E-state index contributed by atoms with van der Waals surface area (Å²) >= 11 is 0. The molecule has 0 aromatic carbocycles. The van der Waals surface area contributed by atoms with Crippen molar-refractivity contribution >= 4 is 0 Å². The van der Waals surface area contributed by atoms with E-state index < -0.39 is 0 Å². The molecule has 11 heavy (non-hydrogen) atoms. The first kappa shape index (κ1) is 14.1. The molecule has 2 heteroatoms. The van der Waals surface area contributed by atoms with Crippen molar-refractivity contribution in [2.45, 2.75) is 51.9 Å². The van der Waals surface area contributed by atoms with Crippen LogP contribution in [0, 0.1) is 0 Å². The summed E-state index contributed by atoms with van der Waals surface area (Å²) in [5.41, 5.74) is 0. The Bertz CT molecular complexity index is 49.5. The molecule has 0 aliphatic carbocycles. The Labute approximate surface area is 83.3 Å². The van der Waals surface area contributed by atoms with E-state index in [2.05, 4.69) is 6.92 Å². The molecular formula is C9H20ORh. The molecule has 1 radical (unpaired) electrons. The van der Waals surface area contributed by atoms with Gasteiger partial charge in [-0.15, -0.1) is 0 Å². The van der Waals surface area contributed by atoms with Gasteiger partial charge in [0, 0.05) is 26.1 Å². The maximum absolute atomic E-state index is 8.47. The van der Waals surface area contributed by atoms with Gasteiger partial charge in [-0.05, 0) is 6.42 Å². The van der Waals surface area contributed by atoms with Gasteiger partial charge in [-0.1, -0.05) is 45.4 Å². The fraction of sp³-hybridized carbons (Fsp3) is 1.00. The molecule has 1 N–H and O–H groups in total. The third kappa shape index (κ3) is 13.6. The van der Waals surface area contributed by atoms with E-state index in [-0.39, 0.29) is 19.5 Å². The SMILES string of the molecule is CCCCCCCCCO.[Rh]. The van der Waals surface area contributed by atoms with Crippen LogP contribution in [0.1, 0.15) is 51.9 Å². The van der Waals surface area contributed by atoms with Crippen LogP contribution in [0.3, 0.4) is 0 Å². The minimum absolute atomic E-state index is 0. The van der Waals surface area contributed by atoms with Crippen molar-refractivity contribution in [1.29, 1.82) is 0 Å². The van der Waals surface area contributed by atoms with E-state index in [0.29, 0.717) is 6.61 Å². The van der Waals surface area contributed by atoms with Gasteiger partial charge in [0.2, 0.25) is 0 Å². The number of hydrogen-bond donors (Lipinski definition) is 1. The Morgan fingerprint density at radius 1 is 0.818 bits per heavy atom. The topological polar surface area (TPSA) is 20.2 Å². The average molecular weight is 247 g/mol. The van der Waals surface area contributed by atoms with Gasteiger partial charge in [-0.25, -0.2) is 0 Å². The van der Waals surface area contributed by atoms with Crippen molar-refractivity contribution in [3.63, 3.8) is 0 Å². The maximum atomic E-state index is 8.47. The molecule has 1 nitrogen and oxygen atoms in total. The summed E-state index contributed by atoms with van der Waals surface area (Å²) in [6, 6.07) is 0. The molecule has 0 fully saturated rings. The Kier molecular flexibility index (Phi) is 16.9. The molecule has 0 aromatic rings. The maximum Gasteiger partial charge on any atom is 0.0431 e. The summed E-state index contributed by atoms with van der Waals surface area (Å²) in [5, 5.41) is 8.47. The van der Waals surface area contributed by atoms with Gasteiger partial charge in [-0.2, -0.15) is 0 Å². The van der Waals surface area contributed by atoms with E-state index in [1.165, 1.54) is 38.5 Å². The van der Waals surface area contributed by atoms with Crippen molar-refractivity contribution in [2.75, 3.05) is 6.61 Å². The minimum Gasteiger partial charge on any atom is -0.396 e. The zero-order valence-electron chi connectivity index (χ0n) is 7.44. The molecule has 0 amide bonds. The Hall–Kier alpha value is 0.583. The predicted molar refractivity (Wildman–Crippen MR) is 45.1 cm³/mol. The van der Waals surface area contributed by atoms with Gasteiger partial charge in [0.15, 0.2) is 0 Å². The summed E-state index contributed by atoms with van der Waals surface area (Å²) in [4.78, 5) is 0. The van der Waals surface area contributed by atoms with Crippen LogP contribution in [-0.2, 0) is 19.5 Å². The second-order valence-corrected chi connectivity index (χ2v) is 2.84. The van der Waals surface area contributed by atoms with Crippen molar-refractivity contribution < 1.29 is 24.6 Å². The van der Waals surface area contributed by atoms with Crippen molar-refractivity contribution in [3.05, 3.63) is 0 Å². The van der Waals surface area contributed by atoms with Crippen LogP contribution in [0.25, 0.3) is 0 Å². The zero-order valence-corrected chi connectivity index (χ0v) is 9.08. The van der Waals surface area contributed by atoms with Gasteiger partial charge in [0.25, 0.3) is 0 Å². The summed E-state index contributed by atoms with van der Waals surface area (Å²) < 4.78 is 0. The fourth-order valence-corrected chi connectivity index (χ4v) is 1.07. The normalized spacial score (nSPS) is 9.27. The Morgan fingerprint density at radius 2 is 1.27 bits per heavy atom. The quantitative estimate of drug-likeness (QED) is 0.541. The minimum atomic E-state index is 0. The average Bonchev–Trinajstić information content (AvgIpc) is 1.97. The third-order valence-electron chi connectivity index (χ3n) is 1.76. The van der Waals surface area contributed by atoms with Gasteiger partial charge in [0.1, 0.15) is 0 Å². The molecule has 0 saturated heterocycles. The number of unbranched alkanes of at least 4 members (excludes halogenated alkanes) is 6. The van der Waals surface area contributed by atoms with E-state index in [9.17, 15) is 0 Å². The van der Waals surface area contributed by atoms with E-state index >= 15 is 0 Å². The molecule has 0 saturated carbocycles. The smallest absolute Gasteiger partial charge is 0.0431 e. The molecule has 0 atom stereocenters. The fourth-order valence-electron chi connectivity index (χ4n) is 1.07. The van der Waals surface area contributed by atoms with Crippen LogP contribution in [0.2, 0.25) is 0 Å². The zero-order chi connectivity index (χ0) is 7.66. The van der Waals surface area contributed by atoms with E-state index in [1.54, 1.807) is 0 Å². The Balaban J connectivity index is 0. The molecule has 0 bridgehead atoms. The second kappa shape index (κ2) is 13.2. The van der Waals surface area contributed by atoms with Crippen LogP contribution in [-0.4, -0.2) is 11.7 Å².